The van der Waals surface area contributed by atoms with Gasteiger partial charge in [-0.3, -0.25) is 4.90 Å². The average molecular weight is 281 g/mol. The number of nitrogens with one attached hydrogen (secondary N) is 2. The number of nitrogens with zero attached hydrogens (tertiary/aromatic N) is 3. The van der Waals surface area contributed by atoms with Gasteiger partial charge in [-0.25, -0.2) is 9.97 Å². The van der Waals surface area contributed by atoms with Crippen LogP contribution in [0.2, 0.25) is 0 Å². The van der Waals surface area contributed by atoms with Gasteiger partial charge >= 0.3 is 0 Å². The molecule has 1 atom stereocenters. The Morgan fingerprint density at radius 3 is 2.70 bits per heavy atom. The summed E-state index contributed by atoms with van der Waals surface area (Å²) < 4.78 is 10.7. The van der Waals surface area contributed by atoms with Crippen molar-refractivity contribution in [2.75, 3.05) is 57.6 Å². The minimum Gasteiger partial charge on any atom is -0.490 e. The molecule has 2 rings (SSSR count). The molecule has 2 heterocycles. The van der Waals surface area contributed by atoms with Crippen LogP contribution >= 0.6 is 0 Å². The summed E-state index contributed by atoms with van der Waals surface area (Å²) in [6.45, 7) is 6.67. The molecule has 1 aromatic rings. The molecular formula is C13H23N5O2. The van der Waals surface area contributed by atoms with Crippen molar-refractivity contribution in [2.24, 2.45) is 0 Å². The summed E-state index contributed by atoms with van der Waals surface area (Å²) in [5, 5.41) is 6.38. The van der Waals surface area contributed by atoms with Gasteiger partial charge in [-0.05, 0) is 6.92 Å². The van der Waals surface area contributed by atoms with Gasteiger partial charge in [0.2, 0.25) is 5.75 Å². The lowest BCUT2D eigenvalue weighted by molar-refractivity contribution is 0.0368. The van der Waals surface area contributed by atoms with E-state index in [2.05, 4.69) is 32.4 Å². The van der Waals surface area contributed by atoms with Crippen LogP contribution in [0.3, 0.4) is 0 Å². The van der Waals surface area contributed by atoms with Gasteiger partial charge in [-0.15, -0.1) is 0 Å². The molecule has 1 aliphatic heterocycles. The molecule has 20 heavy (non-hydrogen) atoms. The molecule has 1 unspecified atom stereocenters. The van der Waals surface area contributed by atoms with E-state index in [1.807, 2.05) is 7.05 Å². The largest absolute Gasteiger partial charge is 0.490 e. The SMILES string of the molecule is CNc1ncnc(NC(C)CN2CCOCC2)c1OC. The lowest BCUT2D eigenvalue weighted by atomic mass is 10.2. The van der Waals surface area contributed by atoms with Gasteiger partial charge in [-0.2, -0.15) is 0 Å². The molecule has 0 amide bonds. The fourth-order valence-corrected chi connectivity index (χ4v) is 2.30. The van der Waals surface area contributed by atoms with Crippen molar-refractivity contribution in [1.82, 2.24) is 14.9 Å². The van der Waals surface area contributed by atoms with E-state index < -0.39 is 0 Å². The van der Waals surface area contributed by atoms with Crippen molar-refractivity contribution in [3.63, 3.8) is 0 Å². The maximum absolute atomic E-state index is 5.37. The molecule has 112 valence electrons. The van der Waals surface area contributed by atoms with Gasteiger partial charge in [0.15, 0.2) is 11.6 Å². The molecule has 1 aliphatic rings. The van der Waals surface area contributed by atoms with E-state index in [-0.39, 0.29) is 6.04 Å². The predicted molar refractivity (Wildman–Crippen MR) is 78.5 cm³/mol. The monoisotopic (exact) mass is 281 g/mol. The van der Waals surface area contributed by atoms with E-state index in [4.69, 9.17) is 9.47 Å². The zero-order chi connectivity index (χ0) is 14.4. The number of ether oxygens (including phenoxy) is 2. The number of rotatable bonds is 6. The van der Waals surface area contributed by atoms with Gasteiger partial charge in [0.1, 0.15) is 6.33 Å². The van der Waals surface area contributed by atoms with Crippen molar-refractivity contribution < 1.29 is 9.47 Å². The Kier molecular flexibility index (Phi) is 5.37. The molecule has 1 aromatic heterocycles. The highest BCUT2D eigenvalue weighted by molar-refractivity contribution is 5.63. The average Bonchev–Trinajstić information content (AvgIpc) is 2.47. The number of hydrogen-bond acceptors (Lipinski definition) is 7. The first-order chi connectivity index (χ1) is 9.74. The van der Waals surface area contributed by atoms with Crippen LogP contribution in [0, 0.1) is 0 Å². The lowest BCUT2D eigenvalue weighted by Gasteiger charge is -2.29. The van der Waals surface area contributed by atoms with Gasteiger partial charge in [0, 0.05) is 32.7 Å². The number of anilines is 2. The Hall–Kier alpha value is -1.60. The minimum absolute atomic E-state index is 0.265. The third-order valence-corrected chi connectivity index (χ3v) is 3.26. The third kappa shape index (κ3) is 3.71. The number of morpholine rings is 1. The second-order valence-corrected chi connectivity index (χ2v) is 4.81. The van der Waals surface area contributed by atoms with Gasteiger partial charge in [0.25, 0.3) is 0 Å². The van der Waals surface area contributed by atoms with Crippen molar-refractivity contribution in [1.29, 1.82) is 0 Å². The van der Waals surface area contributed by atoms with E-state index in [1.165, 1.54) is 6.33 Å². The van der Waals surface area contributed by atoms with Crippen molar-refractivity contribution in [2.45, 2.75) is 13.0 Å². The van der Waals surface area contributed by atoms with Crippen LogP contribution in [0.15, 0.2) is 6.33 Å². The Bertz CT molecular complexity index is 423. The molecule has 1 saturated heterocycles. The van der Waals surface area contributed by atoms with E-state index in [0.717, 1.165) is 32.8 Å². The zero-order valence-corrected chi connectivity index (χ0v) is 12.3. The summed E-state index contributed by atoms with van der Waals surface area (Å²) in [6, 6.07) is 0.265. The molecule has 1 fully saturated rings. The molecule has 7 heteroatoms. The van der Waals surface area contributed by atoms with E-state index in [0.29, 0.717) is 17.4 Å². The fraction of sp³-hybridized carbons (Fsp3) is 0.692. The van der Waals surface area contributed by atoms with Crippen LogP contribution in [-0.2, 0) is 4.74 Å². The summed E-state index contributed by atoms with van der Waals surface area (Å²) >= 11 is 0. The van der Waals surface area contributed by atoms with Gasteiger partial charge < -0.3 is 20.1 Å². The zero-order valence-electron chi connectivity index (χ0n) is 12.3. The molecule has 0 aliphatic carbocycles. The molecule has 7 nitrogen and oxygen atoms in total. The third-order valence-electron chi connectivity index (χ3n) is 3.26. The standard InChI is InChI=1S/C13H23N5O2/c1-10(8-18-4-6-20-7-5-18)17-13-11(19-3)12(14-2)15-9-16-13/h9-10H,4-8H2,1-3H3,(H2,14,15,16,17). The summed E-state index contributed by atoms with van der Waals surface area (Å²) in [5.74, 6) is 2.04. The van der Waals surface area contributed by atoms with Crippen LogP contribution in [0.1, 0.15) is 6.92 Å². The summed E-state index contributed by atoms with van der Waals surface area (Å²) in [7, 11) is 3.43. The first-order valence-electron chi connectivity index (χ1n) is 6.88. The van der Waals surface area contributed by atoms with E-state index in [1.54, 1.807) is 7.11 Å². The number of aromatic nitrogens is 2. The van der Waals surface area contributed by atoms with Crippen LogP contribution in [0.4, 0.5) is 11.6 Å². The summed E-state index contributed by atoms with van der Waals surface area (Å²) in [5.41, 5.74) is 0. The maximum Gasteiger partial charge on any atom is 0.204 e. The highest BCUT2D eigenvalue weighted by Gasteiger charge is 2.17. The number of hydrogen-bond donors (Lipinski definition) is 2. The van der Waals surface area contributed by atoms with Crippen LogP contribution < -0.4 is 15.4 Å². The molecule has 0 aromatic carbocycles. The van der Waals surface area contributed by atoms with Crippen LogP contribution in [0.25, 0.3) is 0 Å². The first-order valence-corrected chi connectivity index (χ1v) is 6.88. The Balaban J connectivity index is 1.97. The van der Waals surface area contributed by atoms with E-state index in [9.17, 15) is 0 Å². The molecular weight excluding hydrogens is 258 g/mol. The molecule has 0 spiro atoms. The van der Waals surface area contributed by atoms with Crippen LogP contribution in [-0.4, -0.2) is 67.9 Å². The Morgan fingerprint density at radius 1 is 1.35 bits per heavy atom. The van der Waals surface area contributed by atoms with Crippen molar-refractivity contribution in [3.8, 4) is 5.75 Å². The van der Waals surface area contributed by atoms with Gasteiger partial charge in [0.05, 0.1) is 20.3 Å². The quantitative estimate of drug-likeness (QED) is 0.793. The first kappa shape index (κ1) is 14.8. The topological polar surface area (TPSA) is 71.5 Å². The highest BCUT2D eigenvalue weighted by Crippen LogP contribution is 2.28. The molecule has 0 bridgehead atoms. The Morgan fingerprint density at radius 2 is 2.05 bits per heavy atom. The van der Waals surface area contributed by atoms with E-state index >= 15 is 0 Å². The molecule has 0 radical (unpaired) electrons. The second-order valence-electron chi connectivity index (χ2n) is 4.81. The number of methoxy groups -OCH3 is 1. The lowest BCUT2D eigenvalue weighted by Crippen LogP contribution is -2.42. The highest BCUT2D eigenvalue weighted by atomic mass is 16.5. The van der Waals surface area contributed by atoms with Crippen molar-refractivity contribution >= 4 is 11.6 Å². The smallest absolute Gasteiger partial charge is 0.204 e. The summed E-state index contributed by atoms with van der Waals surface area (Å²) in [4.78, 5) is 10.8. The normalized spacial score (nSPS) is 17.6. The molecule has 2 N–H and O–H groups in total. The Labute approximate surface area is 119 Å². The summed E-state index contributed by atoms with van der Waals surface area (Å²) in [6.07, 6.45) is 1.53. The van der Waals surface area contributed by atoms with Crippen molar-refractivity contribution in [3.05, 3.63) is 6.33 Å². The van der Waals surface area contributed by atoms with Crippen LogP contribution in [0.5, 0.6) is 5.75 Å². The molecule has 0 saturated carbocycles. The fourth-order valence-electron chi connectivity index (χ4n) is 2.30. The minimum atomic E-state index is 0.265. The second kappa shape index (κ2) is 7.25. The maximum atomic E-state index is 5.37. The van der Waals surface area contributed by atoms with Gasteiger partial charge in [-0.1, -0.05) is 0 Å². The predicted octanol–water partition coefficient (Wildman–Crippen LogP) is 0.660.